The Labute approximate surface area is 192 Å². The molecule has 0 aliphatic heterocycles. The molecular weight excluding hydrogens is 410 g/mol. The first-order valence-electron chi connectivity index (χ1n) is 12.2. The Balaban J connectivity index is 0.00000161. The highest BCUT2D eigenvalue weighted by Gasteiger charge is 2.14. The van der Waals surface area contributed by atoms with Crippen LogP contribution in [0, 0.1) is 0 Å². The van der Waals surface area contributed by atoms with Crippen LogP contribution in [0.4, 0.5) is 0 Å². The number of rotatable bonds is 17. The molecule has 1 N–H and O–H groups in total. The summed E-state index contributed by atoms with van der Waals surface area (Å²) in [6.45, 7) is 4.75. The van der Waals surface area contributed by atoms with Gasteiger partial charge in [-0.3, -0.25) is 4.55 Å². The highest BCUT2D eigenvalue weighted by molar-refractivity contribution is 7.79. The molecule has 6 heteroatoms. The minimum Gasteiger partial charge on any atom is -0.726 e. The topological polar surface area (TPSA) is 77.4 Å². The van der Waals surface area contributed by atoms with E-state index in [1.165, 1.54) is 102 Å². The molecule has 31 heavy (non-hydrogen) atoms. The third-order valence-corrected chi connectivity index (χ3v) is 5.57. The Morgan fingerprint density at radius 2 is 1.10 bits per heavy atom. The summed E-state index contributed by atoms with van der Waals surface area (Å²) < 4.78 is 33.9. The van der Waals surface area contributed by atoms with Gasteiger partial charge in [-0.05, 0) is 12.8 Å². The summed E-state index contributed by atoms with van der Waals surface area (Å²) in [5, 5.41) is 0. The van der Waals surface area contributed by atoms with Crippen LogP contribution in [0.3, 0.4) is 0 Å². The second kappa shape index (κ2) is 18.6. The lowest BCUT2D eigenvalue weighted by Crippen LogP contribution is -2.39. The third kappa shape index (κ3) is 25.2. The molecule has 0 unspecified atom stereocenters. The molecule has 1 aromatic carbocycles. The van der Waals surface area contributed by atoms with E-state index in [1.54, 1.807) is 0 Å². The monoisotopic (exact) mass is 457 g/mol. The zero-order valence-corrected chi connectivity index (χ0v) is 21.0. The van der Waals surface area contributed by atoms with E-state index in [0.29, 0.717) is 0 Å². The second-order valence-electron chi connectivity index (χ2n) is 9.33. The van der Waals surface area contributed by atoms with Crippen molar-refractivity contribution in [3.8, 4) is 0 Å². The van der Waals surface area contributed by atoms with E-state index in [-0.39, 0.29) is 0 Å². The number of hydrogen-bond donors (Lipinski definition) is 1. The summed E-state index contributed by atoms with van der Waals surface area (Å²) >= 11 is 0. The molecule has 0 fully saturated rings. The quantitative estimate of drug-likeness (QED) is 0.121. The van der Waals surface area contributed by atoms with E-state index in [0.717, 1.165) is 11.0 Å². The average molecular weight is 458 g/mol. The van der Waals surface area contributed by atoms with Crippen molar-refractivity contribution in [3.05, 3.63) is 35.9 Å². The molecule has 0 aromatic heterocycles. The maximum Gasteiger partial charge on any atom is 0.215 e. The van der Waals surface area contributed by atoms with Crippen LogP contribution in [0.2, 0.25) is 0 Å². The Hall–Kier alpha value is -0.950. The van der Waals surface area contributed by atoms with Gasteiger partial charge in [-0.2, -0.15) is 0 Å². The summed E-state index contributed by atoms with van der Waals surface area (Å²) in [6, 6.07) is 10.9. The molecule has 0 aliphatic carbocycles. The summed E-state index contributed by atoms with van der Waals surface area (Å²) in [5.41, 5.74) is 1.46. The molecular formula is C25H47NO4S. The van der Waals surface area contributed by atoms with Gasteiger partial charge in [-0.15, -0.1) is 0 Å². The van der Waals surface area contributed by atoms with Gasteiger partial charge in [0.2, 0.25) is 10.4 Å². The van der Waals surface area contributed by atoms with Crippen LogP contribution in [0.1, 0.15) is 102 Å². The maximum atomic E-state index is 8.63. The van der Waals surface area contributed by atoms with Gasteiger partial charge in [-0.1, -0.05) is 114 Å². The molecule has 1 rings (SSSR count). The molecule has 0 atom stereocenters. The van der Waals surface area contributed by atoms with Crippen LogP contribution in [-0.2, 0) is 16.9 Å². The van der Waals surface area contributed by atoms with Crippen LogP contribution in [0.25, 0.3) is 0 Å². The Kier molecular flexibility index (Phi) is 18.0. The summed E-state index contributed by atoms with van der Waals surface area (Å²) in [6.07, 6.45) is 20.2. The van der Waals surface area contributed by atoms with Crippen molar-refractivity contribution < 1.29 is 22.0 Å². The van der Waals surface area contributed by atoms with Crippen LogP contribution in [-0.4, -0.2) is 42.6 Å². The van der Waals surface area contributed by atoms with Gasteiger partial charge in [0.25, 0.3) is 0 Å². The molecule has 0 bridgehead atoms. The predicted molar refractivity (Wildman–Crippen MR) is 130 cm³/mol. The minimum absolute atomic E-state index is 1.11. The Bertz CT molecular complexity index is 610. The van der Waals surface area contributed by atoms with Gasteiger partial charge in [0.15, 0.2) is 0 Å². The standard InChI is InChI=1S/C25H46N.H2O4S/c1-4-5-6-7-8-9-10-11-12-13-14-15-16-20-23-26(2,3)24-25-21-18-17-19-22-25;1-5(2,3)4/h17-19,21-22H,4-16,20,23-24H2,1-3H3;(H2,1,2,3,4)/q+1;/p-1. The van der Waals surface area contributed by atoms with E-state index in [2.05, 4.69) is 51.4 Å². The maximum absolute atomic E-state index is 8.63. The van der Waals surface area contributed by atoms with Crippen molar-refractivity contribution in [2.24, 2.45) is 0 Å². The lowest BCUT2D eigenvalue weighted by molar-refractivity contribution is -0.903. The second-order valence-corrected chi connectivity index (χ2v) is 10.2. The molecule has 182 valence electrons. The average Bonchev–Trinajstić information content (AvgIpc) is 2.67. The number of benzene rings is 1. The third-order valence-electron chi connectivity index (χ3n) is 5.57. The van der Waals surface area contributed by atoms with E-state index in [9.17, 15) is 0 Å². The van der Waals surface area contributed by atoms with Gasteiger partial charge < -0.3 is 9.04 Å². The SMILES string of the molecule is CCCCCCCCCCCCCCCC[N+](C)(C)Cc1ccccc1.O=S(=O)([O-])O. The van der Waals surface area contributed by atoms with E-state index in [1.807, 2.05) is 0 Å². The number of nitrogens with zero attached hydrogens (tertiary/aromatic N) is 1. The van der Waals surface area contributed by atoms with E-state index in [4.69, 9.17) is 17.5 Å². The first-order valence-corrected chi connectivity index (χ1v) is 13.5. The lowest BCUT2D eigenvalue weighted by Gasteiger charge is -2.30. The van der Waals surface area contributed by atoms with Crippen LogP contribution in [0.15, 0.2) is 30.3 Å². The first kappa shape index (κ1) is 30.0. The van der Waals surface area contributed by atoms with E-state index >= 15 is 0 Å². The normalized spacial score (nSPS) is 11.8. The molecule has 1 aromatic rings. The molecule has 0 radical (unpaired) electrons. The number of unbranched alkanes of at least 4 members (excludes halogenated alkanes) is 13. The Morgan fingerprint density at radius 1 is 0.742 bits per heavy atom. The van der Waals surface area contributed by atoms with Gasteiger partial charge in [0, 0.05) is 5.56 Å². The minimum atomic E-state index is -4.92. The molecule has 0 saturated carbocycles. The Morgan fingerprint density at radius 3 is 1.48 bits per heavy atom. The van der Waals surface area contributed by atoms with Gasteiger partial charge in [-0.25, -0.2) is 8.42 Å². The molecule has 0 saturated heterocycles. The fourth-order valence-electron chi connectivity index (χ4n) is 3.89. The van der Waals surface area contributed by atoms with Crippen molar-refractivity contribution in [2.75, 3.05) is 20.6 Å². The molecule has 0 spiro atoms. The molecule has 0 aliphatic rings. The molecule has 5 nitrogen and oxygen atoms in total. The summed E-state index contributed by atoms with van der Waals surface area (Å²) in [4.78, 5) is 0. The first-order chi connectivity index (χ1) is 14.6. The van der Waals surface area contributed by atoms with Crippen molar-refractivity contribution in [1.29, 1.82) is 0 Å². The van der Waals surface area contributed by atoms with Gasteiger partial charge in [0.05, 0.1) is 20.6 Å². The summed E-state index contributed by atoms with van der Waals surface area (Å²) in [5.74, 6) is 0. The van der Waals surface area contributed by atoms with Crippen LogP contribution < -0.4 is 0 Å². The number of quaternary nitrogens is 1. The van der Waals surface area contributed by atoms with Crippen molar-refractivity contribution >= 4 is 10.4 Å². The lowest BCUT2D eigenvalue weighted by atomic mass is 10.0. The number of hydrogen-bond acceptors (Lipinski definition) is 3. The zero-order valence-electron chi connectivity index (χ0n) is 20.2. The van der Waals surface area contributed by atoms with E-state index < -0.39 is 10.4 Å². The zero-order chi connectivity index (χ0) is 23.4. The van der Waals surface area contributed by atoms with Gasteiger partial charge in [0.1, 0.15) is 6.54 Å². The van der Waals surface area contributed by atoms with Crippen molar-refractivity contribution in [1.82, 2.24) is 0 Å². The highest BCUT2D eigenvalue weighted by Crippen LogP contribution is 2.15. The van der Waals surface area contributed by atoms with Crippen LogP contribution >= 0.6 is 0 Å². The highest BCUT2D eigenvalue weighted by atomic mass is 32.3. The molecule has 0 heterocycles. The molecule has 0 amide bonds. The van der Waals surface area contributed by atoms with Gasteiger partial charge >= 0.3 is 0 Å². The van der Waals surface area contributed by atoms with Crippen LogP contribution in [0.5, 0.6) is 0 Å². The largest absolute Gasteiger partial charge is 0.726 e. The fraction of sp³-hybridized carbons (Fsp3) is 0.760. The summed E-state index contributed by atoms with van der Waals surface area (Å²) in [7, 11) is -0.176. The van der Waals surface area contributed by atoms with Crippen molar-refractivity contribution in [2.45, 2.75) is 103 Å². The smallest absolute Gasteiger partial charge is 0.215 e. The fourth-order valence-corrected chi connectivity index (χ4v) is 3.89. The van der Waals surface area contributed by atoms with Crippen molar-refractivity contribution in [3.63, 3.8) is 0 Å². The predicted octanol–water partition coefficient (Wildman–Crippen LogP) is 6.75.